The SMILES string of the molecule is [O-][n+]1c2c(nn1-c1cc(O)c(Cl)cc1F)CCCC2. The van der Waals surface area contributed by atoms with Gasteiger partial charge in [0.2, 0.25) is 5.69 Å². The number of phenols is 1. The summed E-state index contributed by atoms with van der Waals surface area (Å²) in [5, 5.41) is 25.7. The fourth-order valence-electron chi connectivity index (χ4n) is 2.29. The molecule has 1 N–H and O–H groups in total. The van der Waals surface area contributed by atoms with Crippen LogP contribution in [0.15, 0.2) is 12.1 Å². The molecule has 1 aliphatic rings. The van der Waals surface area contributed by atoms with Gasteiger partial charge in [-0.15, -0.1) is 4.85 Å². The van der Waals surface area contributed by atoms with Crippen LogP contribution in [-0.2, 0) is 12.8 Å². The molecule has 1 heterocycles. The van der Waals surface area contributed by atoms with Crippen LogP contribution >= 0.6 is 11.6 Å². The number of fused-ring (bicyclic) bond motifs is 1. The molecule has 0 unspecified atom stereocenters. The Hall–Kier alpha value is -1.82. The highest BCUT2D eigenvalue weighted by atomic mass is 35.5. The van der Waals surface area contributed by atoms with Crippen LogP contribution in [0.3, 0.4) is 0 Å². The van der Waals surface area contributed by atoms with Gasteiger partial charge in [0.1, 0.15) is 5.75 Å². The van der Waals surface area contributed by atoms with Crippen LogP contribution < -0.4 is 4.85 Å². The molecule has 1 aliphatic carbocycles. The first-order valence-electron chi connectivity index (χ1n) is 5.97. The molecule has 0 bridgehead atoms. The van der Waals surface area contributed by atoms with Crippen LogP contribution in [-0.4, -0.2) is 15.0 Å². The first-order valence-corrected chi connectivity index (χ1v) is 6.34. The molecule has 0 radical (unpaired) electrons. The summed E-state index contributed by atoms with van der Waals surface area (Å²) in [6.07, 6.45) is 3.25. The lowest BCUT2D eigenvalue weighted by atomic mass is 10.0. The van der Waals surface area contributed by atoms with Crippen molar-refractivity contribution in [2.45, 2.75) is 25.7 Å². The van der Waals surface area contributed by atoms with E-state index in [2.05, 4.69) is 5.10 Å². The van der Waals surface area contributed by atoms with E-state index in [4.69, 9.17) is 11.6 Å². The average Bonchev–Trinajstić information content (AvgIpc) is 2.72. The van der Waals surface area contributed by atoms with Crippen molar-refractivity contribution in [1.29, 1.82) is 0 Å². The Balaban J connectivity index is 2.17. The molecule has 19 heavy (non-hydrogen) atoms. The Bertz CT molecular complexity index is 657. The number of phenolic OH excluding ortho intramolecular Hbond substituents is 1. The lowest BCUT2D eigenvalue weighted by molar-refractivity contribution is -0.696. The molecular weight excluding hydrogens is 273 g/mol. The van der Waals surface area contributed by atoms with Crippen molar-refractivity contribution >= 4 is 11.6 Å². The van der Waals surface area contributed by atoms with Crippen molar-refractivity contribution < 1.29 is 14.3 Å². The fraction of sp³-hybridized carbons (Fsp3) is 0.333. The number of nitrogens with zero attached hydrogens (tertiary/aromatic N) is 3. The van der Waals surface area contributed by atoms with Crippen LogP contribution in [0.25, 0.3) is 5.69 Å². The second-order valence-corrected chi connectivity index (χ2v) is 4.93. The van der Waals surface area contributed by atoms with Crippen LogP contribution in [0.4, 0.5) is 4.39 Å². The fourth-order valence-corrected chi connectivity index (χ4v) is 2.44. The number of benzene rings is 1. The van der Waals surface area contributed by atoms with E-state index in [0.717, 1.165) is 29.8 Å². The molecule has 7 heteroatoms. The average molecular weight is 284 g/mol. The summed E-state index contributed by atoms with van der Waals surface area (Å²) in [5.74, 6) is -0.987. The number of aromatic nitrogens is 3. The standard InChI is InChI=1S/C12H11ClFN3O2/c13-7-5-8(14)11(6-12(7)18)16-15-9-3-1-2-4-10(9)17(16)19/h5-6,18H,1-4H2. The molecule has 1 aromatic heterocycles. The molecule has 100 valence electrons. The van der Waals surface area contributed by atoms with Gasteiger partial charge < -0.3 is 10.3 Å². The topological polar surface area (TPSA) is 65.0 Å². The number of rotatable bonds is 1. The lowest BCUT2D eigenvalue weighted by Gasteiger charge is -2.09. The maximum absolute atomic E-state index is 13.9. The van der Waals surface area contributed by atoms with Crippen molar-refractivity contribution in [3.63, 3.8) is 0 Å². The maximum Gasteiger partial charge on any atom is 0.222 e. The molecule has 1 aromatic carbocycles. The number of hydrogen-bond acceptors (Lipinski definition) is 3. The number of halogens is 2. The van der Waals surface area contributed by atoms with Crippen molar-refractivity contribution in [2.75, 3.05) is 0 Å². The van der Waals surface area contributed by atoms with Crippen molar-refractivity contribution in [3.8, 4) is 11.4 Å². The summed E-state index contributed by atoms with van der Waals surface area (Å²) >= 11 is 5.61. The molecule has 0 amide bonds. The zero-order valence-electron chi connectivity index (χ0n) is 9.94. The van der Waals surface area contributed by atoms with Gasteiger partial charge in [-0.1, -0.05) is 11.6 Å². The van der Waals surface area contributed by atoms with E-state index in [-0.39, 0.29) is 16.5 Å². The van der Waals surface area contributed by atoms with E-state index in [9.17, 15) is 14.7 Å². The highest BCUT2D eigenvalue weighted by Gasteiger charge is 2.27. The summed E-state index contributed by atoms with van der Waals surface area (Å²) in [6, 6.07) is 2.07. The molecule has 2 aromatic rings. The zero-order valence-corrected chi connectivity index (χ0v) is 10.7. The normalized spacial score (nSPS) is 14.4. The highest BCUT2D eigenvalue weighted by molar-refractivity contribution is 6.32. The van der Waals surface area contributed by atoms with E-state index >= 15 is 0 Å². The van der Waals surface area contributed by atoms with Gasteiger partial charge in [-0.25, -0.2) is 4.39 Å². The number of hydrogen-bond donors (Lipinski definition) is 1. The summed E-state index contributed by atoms with van der Waals surface area (Å²) < 4.78 is 13.9. The Kier molecular flexibility index (Phi) is 2.82. The Morgan fingerprint density at radius 1 is 1.37 bits per heavy atom. The van der Waals surface area contributed by atoms with Crippen LogP contribution in [0, 0.1) is 11.0 Å². The van der Waals surface area contributed by atoms with Crippen LogP contribution in [0.1, 0.15) is 24.2 Å². The molecule has 0 saturated heterocycles. The van der Waals surface area contributed by atoms with Gasteiger partial charge in [0, 0.05) is 24.0 Å². The maximum atomic E-state index is 13.9. The third-order valence-electron chi connectivity index (χ3n) is 3.26. The Morgan fingerprint density at radius 3 is 2.84 bits per heavy atom. The van der Waals surface area contributed by atoms with Gasteiger partial charge in [0.15, 0.2) is 17.2 Å². The zero-order chi connectivity index (χ0) is 13.6. The first kappa shape index (κ1) is 12.2. The second-order valence-electron chi connectivity index (χ2n) is 4.52. The lowest BCUT2D eigenvalue weighted by Crippen LogP contribution is -2.41. The first-order chi connectivity index (χ1) is 9.08. The smallest absolute Gasteiger partial charge is 0.222 e. The predicted molar refractivity (Wildman–Crippen MR) is 65.8 cm³/mol. The quantitative estimate of drug-likeness (QED) is 0.642. The Morgan fingerprint density at radius 2 is 2.11 bits per heavy atom. The van der Waals surface area contributed by atoms with Crippen molar-refractivity contribution in [1.82, 2.24) is 9.90 Å². The molecule has 0 fully saturated rings. The van der Waals surface area contributed by atoms with Gasteiger partial charge in [0.25, 0.3) is 0 Å². The summed E-state index contributed by atoms with van der Waals surface area (Å²) in [7, 11) is 0. The van der Waals surface area contributed by atoms with E-state index in [0.29, 0.717) is 29.1 Å². The Labute approximate surface area is 113 Å². The summed E-state index contributed by atoms with van der Waals surface area (Å²) in [5.41, 5.74) is 1.15. The van der Waals surface area contributed by atoms with E-state index in [1.54, 1.807) is 0 Å². The molecule has 0 aliphatic heterocycles. The molecule has 0 atom stereocenters. The number of aromatic hydroxyl groups is 1. The van der Waals surface area contributed by atoms with Gasteiger partial charge in [-0.05, 0) is 23.7 Å². The van der Waals surface area contributed by atoms with E-state index in [1.165, 1.54) is 0 Å². The van der Waals surface area contributed by atoms with Gasteiger partial charge in [0.05, 0.1) is 5.02 Å². The second kappa shape index (κ2) is 4.38. The molecule has 5 nitrogen and oxygen atoms in total. The molecule has 3 rings (SSSR count). The third kappa shape index (κ3) is 1.92. The van der Waals surface area contributed by atoms with Gasteiger partial charge >= 0.3 is 0 Å². The molecule has 0 saturated carbocycles. The van der Waals surface area contributed by atoms with Crippen molar-refractivity contribution in [3.05, 3.63) is 39.6 Å². The monoisotopic (exact) mass is 283 g/mol. The summed E-state index contributed by atoms with van der Waals surface area (Å²) in [6.45, 7) is 0. The van der Waals surface area contributed by atoms with Gasteiger partial charge in [-0.3, -0.25) is 0 Å². The van der Waals surface area contributed by atoms with Crippen LogP contribution in [0.5, 0.6) is 5.75 Å². The number of aryl methyl sites for hydroxylation is 1. The molecular formula is C12H11ClFN3O2. The van der Waals surface area contributed by atoms with E-state index < -0.39 is 5.82 Å². The minimum atomic E-state index is -0.702. The van der Waals surface area contributed by atoms with Crippen molar-refractivity contribution in [2.24, 2.45) is 0 Å². The van der Waals surface area contributed by atoms with Crippen LogP contribution in [0.2, 0.25) is 5.02 Å². The highest BCUT2D eigenvalue weighted by Crippen LogP contribution is 2.28. The minimum Gasteiger partial charge on any atom is -0.692 e. The van der Waals surface area contributed by atoms with Gasteiger partial charge in [-0.2, -0.15) is 0 Å². The largest absolute Gasteiger partial charge is 0.692 e. The third-order valence-corrected chi connectivity index (χ3v) is 3.56. The minimum absolute atomic E-state index is 0.101. The predicted octanol–water partition coefficient (Wildman–Crippen LogP) is 1.88. The van der Waals surface area contributed by atoms with E-state index in [1.807, 2.05) is 0 Å². The molecule has 0 spiro atoms. The summed E-state index contributed by atoms with van der Waals surface area (Å²) in [4.78, 5) is 1.52.